The van der Waals surface area contributed by atoms with E-state index in [2.05, 4.69) is 25.9 Å². The van der Waals surface area contributed by atoms with Crippen molar-refractivity contribution in [3.05, 3.63) is 58.7 Å². The second-order valence-corrected chi connectivity index (χ2v) is 5.20. The Bertz CT molecular complexity index is 747. The third-order valence-corrected chi connectivity index (χ3v) is 3.51. The van der Waals surface area contributed by atoms with E-state index in [1.54, 1.807) is 6.20 Å². The summed E-state index contributed by atoms with van der Waals surface area (Å²) in [5, 5.41) is 0.915. The van der Waals surface area contributed by atoms with Crippen LogP contribution in [0.4, 0.5) is 5.95 Å². The molecule has 2 N–H and O–H groups in total. The normalized spacial score (nSPS) is 10.7. The summed E-state index contributed by atoms with van der Waals surface area (Å²) >= 11 is 3.50. The van der Waals surface area contributed by atoms with Crippen molar-refractivity contribution in [2.75, 3.05) is 5.73 Å². The predicted octanol–water partition coefficient (Wildman–Crippen LogP) is 3.55. The lowest BCUT2D eigenvalue weighted by atomic mass is 10.2. The third kappa shape index (κ3) is 2.72. The maximum absolute atomic E-state index is 5.82. The van der Waals surface area contributed by atoms with Gasteiger partial charge in [-0.15, -0.1) is 0 Å². The maximum Gasteiger partial charge on any atom is 0.220 e. The number of ether oxygens (including phenoxy) is 1. The first-order valence-corrected chi connectivity index (χ1v) is 6.90. The number of nitrogens with zero attached hydrogens (tertiary/aromatic N) is 2. The molecule has 0 unspecified atom stereocenters. The van der Waals surface area contributed by atoms with Crippen molar-refractivity contribution in [3.8, 4) is 5.75 Å². The van der Waals surface area contributed by atoms with Crippen LogP contribution < -0.4 is 10.5 Å². The minimum atomic E-state index is 0.258. The fourth-order valence-corrected chi connectivity index (χ4v) is 2.37. The van der Waals surface area contributed by atoms with Gasteiger partial charge in [-0.1, -0.05) is 30.3 Å². The Labute approximate surface area is 124 Å². The van der Waals surface area contributed by atoms with Crippen LogP contribution in [-0.2, 0) is 6.61 Å². The van der Waals surface area contributed by atoms with Crippen LogP contribution in [0.3, 0.4) is 0 Å². The lowest BCUT2D eigenvalue weighted by Crippen LogP contribution is -1.98. The summed E-state index contributed by atoms with van der Waals surface area (Å²) in [4.78, 5) is 8.17. The number of nitrogen functional groups attached to an aromatic ring is 1. The van der Waals surface area contributed by atoms with Crippen molar-refractivity contribution in [3.63, 3.8) is 0 Å². The highest BCUT2D eigenvalue weighted by Crippen LogP contribution is 2.30. The molecule has 0 atom stereocenters. The summed E-state index contributed by atoms with van der Waals surface area (Å²) in [7, 11) is 0. The van der Waals surface area contributed by atoms with E-state index in [4.69, 9.17) is 10.5 Å². The van der Waals surface area contributed by atoms with Crippen LogP contribution in [0.2, 0.25) is 0 Å². The molecule has 0 aliphatic rings. The molecule has 100 valence electrons. The Hall–Kier alpha value is -2.14. The van der Waals surface area contributed by atoms with Gasteiger partial charge in [0.15, 0.2) is 0 Å². The molecule has 0 spiro atoms. The molecular formula is C15H12BrN3O. The molecule has 0 aliphatic heterocycles. The van der Waals surface area contributed by atoms with Crippen LogP contribution in [0.5, 0.6) is 5.75 Å². The first kappa shape index (κ1) is 12.9. The number of anilines is 1. The fraction of sp³-hybridized carbons (Fsp3) is 0.0667. The summed E-state index contributed by atoms with van der Waals surface area (Å²) in [5.74, 6) is 0.994. The first-order chi connectivity index (χ1) is 9.72. The molecule has 0 fully saturated rings. The zero-order chi connectivity index (χ0) is 13.9. The molecule has 1 heterocycles. The number of nitrogens with two attached hydrogens (primary N) is 1. The monoisotopic (exact) mass is 329 g/mol. The van der Waals surface area contributed by atoms with Crippen LogP contribution >= 0.6 is 15.9 Å². The number of benzene rings is 2. The Balaban J connectivity index is 1.89. The zero-order valence-electron chi connectivity index (χ0n) is 10.6. The maximum atomic E-state index is 5.82. The number of aromatic nitrogens is 2. The van der Waals surface area contributed by atoms with Gasteiger partial charge in [-0.2, -0.15) is 0 Å². The number of hydrogen-bond acceptors (Lipinski definition) is 4. The SMILES string of the molecule is Nc1ncc2cc(Br)c(OCc3ccccc3)cc2n1. The van der Waals surface area contributed by atoms with Gasteiger partial charge >= 0.3 is 0 Å². The predicted molar refractivity (Wildman–Crippen MR) is 82.4 cm³/mol. The standard InChI is InChI=1S/C15H12BrN3O/c16-12-6-11-8-18-15(17)19-13(11)7-14(12)20-9-10-4-2-1-3-5-10/h1-8H,9H2,(H2,17,18,19). The highest BCUT2D eigenvalue weighted by Gasteiger charge is 2.06. The van der Waals surface area contributed by atoms with Crippen molar-refractivity contribution in [1.82, 2.24) is 9.97 Å². The van der Waals surface area contributed by atoms with Crippen molar-refractivity contribution in [2.24, 2.45) is 0 Å². The van der Waals surface area contributed by atoms with Crippen molar-refractivity contribution in [1.29, 1.82) is 0 Å². The van der Waals surface area contributed by atoms with Crippen LogP contribution in [0.15, 0.2) is 53.1 Å². The average Bonchev–Trinajstić information content (AvgIpc) is 2.46. The van der Waals surface area contributed by atoms with Gasteiger partial charge in [0.05, 0.1) is 9.99 Å². The van der Waals surface area contributed by atoms with Crippen LogP contribution in [-0.4, -0.2) is 9.97 Å². The number of halogens is 1. The van der Waals surface area contributed by atoms with Gasteiger partial charge < -0.3 is 10.5 Å². The van der Waals surface area contributed by atoms with Gasteiger partial charge in [0.2, 0.25) is 5.95 Å². The van der Waals surface area contributed by atoms with Gasteiger partial charge in [0.25, 0.3) is 0 Å². The van der Waals surface area contributed by atoms with E-state index >= 15 is 0 Å². The molecular weight excluding hydrogens is 318 g/mol. The fourth-order valence-electron chi connectivity index (χ4n) is 1.89. The zero-order valence-corrected chi connectivity index (χ0v) is 12.2. The summed E-state index contributed by atoms with van der Waals surface area (Å²) in [5.41, 5.74) is 7.48. The summed E-state index contributed by atoms with van der Waals surface area (Å²) in [6, 6.07) is 13.8. The molecule has 5 heteroatoms. The molecule has 3 rings (SSSR count). The summed E-state index contributed by atoms with van der Waals surface area (Å²) < 4.78 is 6.69. The second kappa shape index (κ2) is 5.46. The molecule has 0 aliphatic carbocycles. The van der Waals surface area contributed by atoms with E-state index in [0.717, 1.165) is 26.7 Å². The molecule has 0 amide bonds. The van der Waals surface area contributed by atoms with Gasteiger partial charge in [0, 0.05) is 17.6 Å². The van der Waals surface area contributed by atoms with Crippen molar-refractivity contribution in [2.45, 2.75) is 6.61 Å². The topological polar surface area (TPSA) is 61.0 Å². The van der Waals surface area contributed by atoms with Crippen molar-refractivity contribution >= 4 is 32.8 Å². The number of rotatable bonds is 3. The molecule has 1 aromatic heterocycles. The number of fused-ring (bicyclic) bond motifs is 1. The molecule has 0 radical (unpaired) electrons. The van der Waals surface area contributed by atoms with Crippen LogP contribution in [0.25, 0.3) is 10.9 Å². The van der Waals surface area contributed by atoms with Gasteiger partial charge in [0.1, 0.15) is 12.4 Å². The number of hydrogen-bond donors (Lipinski definition) is 1. The lowest BCUT2D eigenvalue weighted by Gasteiger charge is -2.09. The molecule has 3 aromatic rings. The van der Waals surface area contributed by atoms with Gasteiger partial charge in [-0.05, 0) is 27.6 Å². The van der Waals surface area contributed by atoms with Crippen LogP contribution in [0.1, 0.15) is 5.56 Å². The molecule has 0 bridgehead atoms. The lowest BCUT2D eigenvalue weighted by molar-refractivity contribution is 0.304. The smallest absolute Gasteiger partial charge is 0.220 e. The van der Waals surface area contributed by atoms with E-state index < -0.39 is 0 Å². The third-order valence-electron chi connectivity index (χ3n) is 2.89. The average molecular weight is 330 g/mol. The molecule has 0 saturated carbocycles. The van der Waals surface area contributed by atoms with E-state index in [9.17, 15) is 0 Å². The quantitative estimate of drug-likeness (QED) is 0.798. The van der Waals surface area contributed by atoms with Gasteiger partial charge in [-0.25, -0.2) is 9.97 Å². The molecule has 20 heavy (non-hydrogen) atoms. The Morgan fingerprint density at radius 1 is 1.15 bits per heavy atom. The summed E-state index contributed by atoms with van der Waals surface area (Å²) in [6.07, 6.45) is 1.70. The van der Waals surface area contributed by atoms with E-state index in [0.29, 0.717) is 6.61 Å². The summed E-state index contributed by atoms with van der Waals surface area (Å²) in [6.45, 7) is 0.505. The van der Waals surface area contributed by atoms with E-state index in [1.807, 2.05) is 42.5 Å². The molecule has 2 aromatic carbocycles. The van der Waals surface area contributed by atoms with Crippen LogP contribution in [0, 0.1) is 0 Å². The Morgan fingerprint density at radius 2 is 1.95 bits per heavy atom. The van der Waals surface area contributed by atoms with E-state index in [-0.39, 0.29) is 5.95 Å². The van der Waals surface area contributed by atoms with Crippen molar-refractivity contribution < 1.29 is 4.74 Å². The first-order valence-electron chi connectivity index (χ1n) is 6.11. The minimum absolute atomic E-state index is 0.258. The highest BCUT2D eigenvalue weighted by atomic mass is 79.9. The second-order valence-electron chi connectivity index (χ2n) is 4.34. The van der Waals surface area contributed by atoms with E-state index in [1.165, 1.54) is 0 Å². The minimum Gasteiger partial charge on any atom is -0.488 e. The molecule has 0 saturated heterocycles. The van der Waals surface area contributed by atoms with Gasteiger partial charge in [-0.3, -0.25) is 0 Å². The Morgan fingerprint density at radius 3 is 2.75 bits per heavy atom. The molecule has 4 nitrogen and oxygen atoms in total. The Kier molecular flexibility index (Phi) is 3.52. The largest absolute Gasteiger partial charge is 0.488 e. The highest BCUT2D eigenvalue weighted by molar-refractivity contribution is 9.10.